The van der Waals surface area contributed by atoms with Crippen LogP contribution in [0.3, 0.4) is 0 Å². The highest BCUT2D eigenvalue weighted by Gasteiger charge is 2.26. The second-order valence-electron chi connectivity index (χ2n) is 4.53. The predicted octanol–water partition coefficient (Wildman–Crippen LogP) is 2.48. The number of anilines is 1. The number of hydrogen-bond donors (Lipinski definition) is 2. The maximum absolute atomic E-state index is 13.5. The minimum absolute atomic E-state index is 0. The Morgan fingerprint density at radius 1 is 1.47 bits per heavy atom. The van der Waals surface area contributed by atoms with Gasteiger partial charge in [0.15, 0.2) is 0 Å². The maximum atomic E-state index is 13.5. The van der Waals surface area contributed by atoms with Crippen molar-refractivity contribution in [3.05, 3.63) is 29.6 Å². The first-order valence-electron chi connectivity index (χ1n) is 5.14. The fourth-order valence-corrected chi connectivity index (χ4v) is 1.11. The highest BCUT2D eigenvalue weighted by atomic mass is 35.5. The van der Waals surface area contributed by atoms with Crippen LogP contribution in [-0.2, 0) is 4.79 Å². The zero-order valence-electron chi connectivity index (χ0n) is 10.2. The summed E-state index contributed by atoms with van der Waals surface area (Å²) in [7, 11) is 0. The fraction of sp³-hybridized carbons (Fsp3) is 0.417. The van der Waals surface area contributed by atoms with Gasteiger partial charge in [0, 0.05) is 6.54 Å². The topological polar surface area (TPSA) is 55.1 Å². The molecule has 0 heterocycles. The van der Waals surface area contributed by atoms with Gasteiger partial charge in [-0.05, 0) is 38.5 Å². The number of nitrogens with two attached hydrogens (primary N) is 1. The van der Waals surface area contributed by atoms with Crippen LogP contribution in [0.4, 0.5) is 10.1 Å². The van der Waals surface area contributed by atoms with Gasteiger partial charge in [0.1, 0.15) is 5.82 Å². The van der Waals surface area contributed by atoms with Crippen molar-refractivity contribution >= 4 is 24.0 Å². The minimum Gasteiger partial charge on any atom is -0.329 e. The van der Waals surface area contributed by atoms with Gasteiger partial charge in [-0.1, -0.05) is 6.07 Å². The number of aryl methyl sites for hydroxylation is 1. The van der Waals surface area contributed by atoms with Crippen LogP contribution in [-0.4, -0.2) is 12.5 Å². The zero-order valence-corrected chi connectivity index (χ0v) is 11.0. The van der Waals surface area contributed by atoms with Crippen LogP contribution in [0.15, 0.2) is 18.2 Å². The van der Waals surface area contributed by atoms with Crippen LogP contribution in [0.5, 0.6) is 0 Å². The summed E-state index contributed by atoms with van der Waals surface area (Å²) in [4.78, 5) is 11.7. The molecule has 1 rings (SSSR count). The summed E-state index contributed by atoms with van der Waals surface area (Å²) in [6, 6.07) is 4.67. The third-order valence-electron chi connectivity index (χ3n) is 2.50. The van der Waals surface area contributed by atoms with E-state index in [1.165, 1.54) is 6.07 Å². The Balaban J connectivity index is 0.00000256. The molecule has 0 saturated carbocycles. The number of amides is 1. The number of benzene rings is 1. The van der Waals surface area contributed by atoms with Gasteiger partial charge in [-0.3, -0.25) is 4.79 Å². The van der Waals surface area contributed by atoms with Crippen LogP contribution in [0.1, 0.15) is 19.4 Å². The molecule has 0 saturated heterocycles. The van der Waals surface area contributed by atoms with Crippen LogP contribution >= 0.6 is 12.4 Å². The number of nitrogens with one attached hydrogen (secondary N) is 1. The first-order chi connectivity index (χ1) is 7.36. The first-order valence-corrected chi connectivity index (χ1v) is 5.14. The summed E-state index contributed by atoms with van der Waals surface area (Å²) in [6.07, 6.45) is 0. The second kappa shape index (κ2) is 5.98. The minimum atomic E-state index is -0.697. The van der Waals surface area contributed by atoms with E-state index in [1.54, 1.807) is 32.9 Å². The molecule has 0 aromatic heterocycles. The van der Waals surface area contributed by atoms with Crippen molar-refractivity contribution < 1.29 is 9.18 Å². The Morgan fingerprint density at radius 2 is 2.06 bits per heavy atom. The Morgan fingerprint density at radius 3 is 2.53 bits per heavy atom. The Hall–Kier alpha value is -1.13. The van der Waals surface area contributed by atoms with Gasteiger partial charge < -0.3 is 11.1 Å². The number of halogens is 2. The molecule has 0 unspecified atom stereocenters. The monoisotopic (exact) mass is 260 g/mol. The molecular weight excluding hydrogens is 243 g/mol. The summed E-state index contributed by atoms with van der Waals surface area (Å²) < 4.78 is 13.5. The smallest absolute Gasteiger partial charge is 0.231 e. The molecule has 5 heteroatoms. The van der Waals surface area contributed by atoms with Gasteiger partial charge in [0.05, 0.1) is 11.1 Å². The Kier molecular flexibility index (Phi) is 5.58. The number of rotatable bonds is 3. The lowest BCUT2D eigenvalue weighted by Crippen LogP contribution is -2.37. The van der Waals surface area contributed by atoms with Gasteiger partial charge in [-0.25, -0.2) is 4.39 Å². The van der Waals surface area contributed by atoms with Crippen molar-refractivity contribution in [1.82, 2.24) is 0 Å². The summed E-state index contributed by atoms with van der Waals surface area (Å²) in [6.45, 7) is 5.44. The predicted molar refractivity (Wildman–Crippen MR) is 69.9 cm³/mol. The second-order valence-corrected chi connectivity index (χ2v) is 4.53. The summed E-state index contributed by atoms with van der Waals surface area (Å²) in [5.41, 5.74) is 5.78. The third kappa shape index (κ3) is 3.98. The Bertz CT molecular complexity index is 407. The van der Waals surface area contributed by atoms with Crippen LogP contribution in [0.25, 0.3) is 0 Å². The van der Waals surface area contributed by atoms with E-state index in [-0.39, 0.29) is 30.5 Å². The zero-order chi connectivity index (χ0) is 12.3. The number of hydrogen-bond acceptors (Lipinski definition) is 2. The van der Waals surface area contributed by atoms with Crippen molar-refractivity contribution in [3.8, 4) is 0 Å². The summed E-state index contributed by atoms with van der Waals surface area (Å²) in [5, 5.41) is 2.53. The van der Waals surface area contributed by atoms with Crippen molar-refractivity contribution in [2.24, 2.45) is 11.1 Å². The normalized spacial score (nSPS) is 10.6. The molecule has 1 aromatic rings. The van der Waals surface area contributed by atoms with Gasteiger partial charge in [-0.15, -0.1) is 12.4 Å². The van der Waals surface area contributed by atoms with E-state index in [0.29, 0.717) is 0 Å². The third-order valence-corrected chi connectivity index (χ3v) is 2.50. The molecule has 17 heavy (non-hydrogen) atoms. The molecule has 0 aliphatic heterocycles. The maximum Gasteiger partial charge on any atom is 0.231 e. The van der Waals surface area contributed by atoms with Crippen molar-refractivity contribution in [1.29, 1.82) is 0 Å². The summed E-state index contributed by atoms with van der Waals surface area (Å²) >= 11 is 0. The quantitative estimate of drug-likeness (QED) is 0.877. The molecule has 0 spiro atoms. The lowest BCUT2D eigenvalue weighted by atomic mass is 9.92. The van der Waals surface area contributed by atoms with Crippen molar-refractivity contribution in [3.63, 3.8) is 0 Å². The van der Waals surface area contributed by atoms with E-state index >= 15 is 0 Å². The highest BCUT2D eigenvalue weighted by Crippen LogP contribution is 2.20. The lowest BCUT2D eigenvalue weighted by Gasteiger charge is -2.21. The van der Waals surface area contributed by atoms with E-state index < -0.39 is 11.2 Å². The lowest BCUT2D eigenvalue weighted by molar-refractivity contribution is -0.123. The average Bonchev–Trinajstić information content (AvgIpc) is 2.22. The van der Waals surface area contributed by atoms with Crippen molar-refractivity contribution in [2.45, 2.75) is 20.8 Å². The van der Waals surface area contributed by atoms with Gasteiger partial charge in [-0.2, -0.15) is 0 Å². The van der Waals surface area contributed by atoms with E-state index in [4.69, 9.17) is 5.73 Å². The largest absolute Gasteiger partial charge is 0.329 e. The van der Waals surface area contributed by atoms with E-state index in [9.17, 15) is 9.18 Å². The number of carbonyl (C=O) groups excluding carboxylic acids is 1. The average molecular weight is 261 g/mol. The molecule has 96 valence electrons. The summed E-state index contributed by atoms with van der Waals surface area (Å²) in [5.74, 6) is -0.709. The standard InChI is InChI=1S/C12H17FN2O.ClH/c1-8-4-5-10(9(13)6-8)15-11(16)12(2,3)7-14;/h4-6H,7,14H2,1-3H3,(H,15,16);1H. The molecule has 0 aliphatic rings. The van der Waals surface area contributed by atoms with E-state index in [1.807, 2.05) is 0 Å². The molecule has 0 atom stereocenters. The van der Waals surface area contributed by atoms with Crippen molar-refractivity contribution in [2.75, 3.05) is 11.9 Å². The van der Waals surface area contributed by atoms with Gasteiger partial charge >= 0.3 is 0 Å². The Labute approximate surface area is 107 Å². The first kappa shape index (κ1) is 15.9. The van der Waals surface area contributed by atoms with Gasteiger partial charge in [0.2, 0.25) is 5.91 Å². The molecule has 1 amide bonds. The van der Waals surface area contributed by atoms with Crippen LogP contribution in [0, 0.1) is 18.2 Å². The molecule has 3 N–H and O–H groups in total. The molecule has 0 radical (unpaired) electrons. The van der Waals surface area contributed by atoms with Crippen LogP contribution in [0.2, 0.25) is 0 Å². The molecule has 1 aromatic carbocycles. The van der Waals surface area contributed by atoms with Gasteiger partial charge in [0.25, 0.3) is 0 Å². The molecule has 3 nitrogen and oxygen atoms in total. The van der Waals surface area contributed by atoms with Crippen LogP contribution < -0.4 is 11.1 Å². The molecule has 0 fully saturated rings. The highest BCUT2D eigenvalue weighted by molar-refractivity contribution is 5.95. The van der Waals surface area contributed by atoms with E-state index in [0.717, 1.165) is 5.56 Å². The van der Waals surface area contributed by atoms with E-state index in [2.05, 4.69) is 5.32 Å². The molecular formula is C12H18ClFN2O. The fourth-order valence-electron chi connectivity index (χ4n) is 1.11. The molecule has 0 aliphatic carbocycles. The SMILES string of the molecule is Cc1ccc(NC(=O)C(C)(C)CN)c(F)c1.Cl. The number of carbonyl (C=O) groups is 1. The molecule has 0 bridgehead atoms.